The number of carboxylic acids is 1. The van der Waals surface area contributed by atoms with Gasteiger partial charge in [0.2, 0.25) is 0 Å². The number of carbonyl (C=O) groups is 1. The number of hydrogen-bond donors (Lipinski definition) is 1. The van der Waals surface area contributed by atoms with Crippen molar-refractivity contribution in [3.8, 4) is 5.75 Å². The first kappa shape index (κ1) is 15.8. The molecule has 0 spiro atoms. The van der Waals surface area contributed by atoms with Crippen molar-refractivity contribution in [2.45, 2.75) is 20.3 Å². The molecule has 22 heavy (non-hydrogen) atoms. The predicted molar refractivity (Wildman–Crippen MR) is 88.8 cm³/mol. The Morgan fingerprint density at radius 2 is 2.00 bits per heavy atom. The Morgan fingerprint density at radius 3 is 2.77 bits per heavy atom. The first-order chi connectivity index (χ1) is 10.6. The van der Waals surface area contributed by atoms with Gasteiger partial charge in [-0.05, 0) is 31.1 Å². The van der Waals surface area contributed by atoms with E-state index in [1.807, 2.05) is 37.3 Å². The fourth-order valence-corrected chi connectivity index (χ4v) is 2.33. The van der Waals surface area contributed by atoms with Crippen LogP contribution in [0.3, 0.4) is 0 Å². The summed E-state index contributed by atoms with van der Waals surface area (Å²) in [6, 6.07) is 8.05. The molecule has 0 fully saturated rings. The molecule has 0 saturated carbocycles. The minimum absolute atomic E-state index is 0.701. The van der Waals surface area contributed by atoms with Gasteiger partial charge in [-0.3, -0.25) is 0 Å². The molecular weight excluding hydrogens is 276 g/mol. The normalized spacial score (nSPS) is 17.5. The lowest BCUT2D eigenvalue weighted by Crippen LogP contribution is -2.07. The third kappa shape index (κ3) is 4.48. The number of allylic oxidation sites excluding steroid dienone is 6. The van der Waals surface area contributed by atoms with E-state index < -0.39 is 5.97 Å². The van der Waals surface area contributed by atoms with Crippen LogP contribution in [0.1, 0.15) is 25.8 Å². The smallest absolute Gasteiger partial charge is 0.328 e. The highest BCUT2D eigenvalue weighted by atomic mass is 16.5. The number of fused-ring (bicyclic) bond motifs is 1. The number of para-hydroxylation sites is 1. The number of hydrogen-bond acceptors (Lipinski definition) is 2. The Labute approximate surface area is 130 Å². The van der Waals surface area contributed by atoms with Gasteiger partial charge in [-0.1, -0.05) is 48.1 Å². The summed E-state index contributed by atoms with van der Waals surface area (Å²) < 4.78 is 5.65. The van der Waals surface area contributed by atoms with Crippen molar-refractivity contribution in [1.29, 1.82) is 0 Å². The minimum Gasteiger partial charge on any atom is -0.493 e. The molecule has 0 amide bonds. The van der Waals surface area contributed by atoms with E-state index in [-0.39, 0.29) is 0 Å². The van der Waals surface area contributed by atoms with Gasteiger partial charge in [0.1, 0.15) is 5.75 Å². The fourth-order valence-electron chi connectivity index (χ4n) is 2.33. The van der Waals surface area contributed by atoms with Crippen LogP contribution in [0.2, 0.25) is 0 Å². The second kappa shape index (κ2) is 7.46. The monoisotopic (exact) mass is 296 g/mol. The molecule has 3 nitrogen and oxygen atoms in total. The Hall–Kier alpha value is -2.55. The second-order valence-electron chi connectivity index (χ2n) is 5.26. The van der Waals surface area contributed by atoms with E-state index in [2.05, 4.69) is 12.1 Å². The number of carboxylic acid groups (broad SMARTS) is 1. The molecule has 0 radical (unpaired) electrons. The van der Waals surface area contributed by atoms with Crippen molar-refractivity contribution in [2.24, 2.45) is 0 Å². The maximum Gasteiger partial charge on any atom is 0.328 e. The van der Waals surface area contributed by atoms with E-state index in [1.54, 1.807) is 13.0 Å². The van der Waals surface area contributed by atoms with Crippen LogP contribution in [0.5, 0.6) is 5.75 Å². The summed E-state index contributed by atoms with van der Waals surface area (Å²) in [7, 11) is 0. The molecule has 1 heterocycles. The highest BCUT2D eigenvalue weighted by Crippen LogP contribution is 2.33. The molecule has 114 valence electrons. The molecule has 0 bridgehead atoms. The summed E-state index contributed by atoms with van der Waals surface area (Å²) in [5, 5.41) is 8.65. The molecular formula is C19H20O3. The maximum atomic E-state index is 10.5. The average molecular weight is 296 g/mol. The van der Waals surface area contributed by atoms with Crippen LogP contribution in [0.4, 0.5) is 0 Å². The lowest BCUT2D eigenvalue weighted by molar-refractivity contribution is -0.131. The van der Waals surface area contributed by atoms with Crippen molar-refractivity contribution >= 4 is 11.5 Å². The Kier molecular flexibility index (Phi) is 5.37. The van der Waals surface area contributed by atoms with Crippen LogP contribution < -0.4 is 4.74 Å². The minimum atomic E-state index is -0.927. The largest absolute Gasteiger partial charge is 0.493 e. The Morgan fingerprint density at radius 1 is 1.23 bits per heavy atom. The topological polar surface area (TPSA) is 46.5 Å². The summed E-state index contributed by atoms with van der Waals surface area (Å²) in [6.45, 7) is 4.50. The molecule has 0 atom stereocenters. The van der Waals surface area contributed by atoms with Gasteiger partial charge >= 0.3 is 5.97 Å². The molecule has 0 aromatic heterocycles. The summed E-state index contributed by atoms with van der Waals surface area (Å²) in [4.78, 5) is 10.5. The van der Waals surface area contributed by atoms with Crippen LogP contribution in [0, 0.1) is 0 Å². The third-order valence-electron chi connectivity index (χ3n) is 3.33. The first-order valence-electron chi connectivity index (χ1n) is 7.25. The van der Waals surface area contributed by atoms with Crippen molar-refractivity contribution < 1.29 is 14.6 Å². The van der Waals surface area contributed by atoms with Crippen LogP contribution in [0.25, 0.3) is 5.57 Å². The van der Waals surface area contributed by atoms with Gasteiger partial charge in [-0.2, -0.15) is 0 Å². The standard InChI is InChI=1S/C19H20O3/c1-14(6-5-7-15(2)13-19(20)21)12-16-10-11-22-18-9-4-3-8-17(16)18/h3-9,12-13H,10-11H2,1-2H3,(H,20,21)/b7-5+,14-6-,15-13+,16-12+. The molecule has 0 saturated heterocycles. The van der Waals surface area contributed by atoms with Gasteiger partial charge in [0.15, 0.2) is 0 Å². The van der Waals surface area contributed by atoms with Gasteiger partial charge < -0.3 is 9.84 Å². The number of aliphatic carboxylic acids is 1. The van der Waals surface area contributed by atoms with Crippen LogP contribution in [0.15, 0.2) is 65.8 Å². The van der Waals surface area contributed by atoms with Crippen molar-refractivity contribution in [2.75, 3.05) is 6.61 Å². The van der Waals surface area contributed by atoms with E-state index >= 15 is 0 Å². The maximum absolute atomic E-state index is 10.5. The zero-order chi connectivity index (χ0) is 15.9. The van der Waals surface area contributed by atoms with Gasteiger partial charge in [0.25, 0.3) is 0 Å². The number of benzene rings is 1. The van der Waals surface area contributed by atoms with Gasteiger partial charge in [-0.25, -0.2) is 4.79 Å². The van der Waals surface area contributed by atoms with E-state index in [0.717, 1.165) is 23.3 Å². The molecule has 3 heteroatoms. The second-order valence-corrected chi connectivity index (χ2v) is 5.26. The highest BCUT2D eigenvalue weighted by molar-refractivity contribution is 5.81. The van der Waals surface area contributed by atoms with E-state index in [0.29, 0.717) is 12.2 Å². The summed E-state index contributed by atoms with van der Waals surface area (Å²) in [5.74, 6) is 0.00682. The zero-order valence-corrected chi connectivity index (χ0v) is 12.9. The molecule has 1 aromatic rings. The fraction of sp³-hybridized carbons (Fsp3) is 0.211. The van der Waals surface area contributed by atoms with Crippen molar-refractivity contribution in [1.82, 2.24) is 0 Å². The third-order valence-corrected chi connectivity index (χ3v) is 3.33. The molecule has 1 aromatic carbocycles. The van der Waals surface area contributed by atoms with Crippen LogP contribution in [-0.4, -0.2) is 17.7 Å². The van der Waals surface area contributed by atoms with E-state index in [4.69, 9.17) is 9.84 Å². The number of ether oxygens (including phenoxy) is 1. The highest BCUT2D eigenvalue weighted by Gasteiger charge is 2.13. The zero-order valence-electron chi connectivity index (χ0n) is 12.9. The van der Waals surface area contributed by atoms with Gasteiger partial charge in [-0.15, -0.1) is 0 Å². The molecule has 1 N–H and O–H groups in total. The molecule has 1 aliphatic heterocycles. The summed E-state index contributed by atoms with van der Waals surface area (Å²) in [6.07, 6.45) is 9.86. The average Bonchev–Trinajstić information content (AvgIpc) is 2.47. The van der Waals surface area contributed by atoms with E-state index in [1.165, 1.54) is 11.6 Å². The summed E-state index contributed by atoms with van der Waals surface area (Å²) >= 11 is 0. The van der Waals surface area contributed by atoms with Crippen LogP contribution in [-0.2, 0) is 4.79 Å². The number of rotatable bonds is 4. The quantitative estimate of drug-likeness (QED) is 0.662. The Balaban J connectivity index is 2.15. The molecule has 0 aliphatic carbocycles. The lowest BCUT2D eigenvalue weighted by atomic mass is 9.97. The van der Waals surface area contributed by atoms with Crippen molar-refractivity contribution in [3.05, 3.63) is 71.4 Å². The summed E-state index contributed by atoms with van der Waals surface area (Å²) in [5.41, 5.74) is 4.24. The molecule has 1 aliphatic rings. The molecule has 0 unspecified atom stereocenters. The molecule has 2 rings (SSSR count). The predicted octanol–water partition coefficient (Wildman–Crippen LogP) is 4.39. The van der Waals surface area contributed by atoms with Crippen molar-refractivity contribution in [3.63, 3.8) is 0 Å². The SMILES string of the molecule is CC(=C/C=C/C(C)=C/C(=O)O)/C=C1\CCOc2ccccc21. The first-order valence-corrected chi connectivity index (χ1v) is 7.25. The lowest BCUT2D eigenvalue weighted by Gasteiger charge is -2.20. The van der Waals surface area contributed by atoms with E-state index in [9.17, 15) is 4.79 Å². The van der Waals surface area contributed by atoms with Gasteiger partial charge in [0.05, 0.1) is 6.61 Å². The van der Waals surface area contributed by atoms with Crippen LogP contribution >= 0.6 is 0 Å². The van der Waals surface area contributed by atoms with Gasteiger partial charge in [0, 0.05) is 18.1 Å². The Bertz CT molecular complexity index is 676.